The number of halogens is 1. The largest absolute Gasteiger partial charge is 0.377 e. The molecule has 0 saturated carbocycles. The Kier molecular flexibility index (Phi) is 5.56. The summed E-state index contributed by atoms with van der Waals surface area (Å²) in [6.07, 6.45) is 1.68. The summed E-state index contributed by atoms with van der Waals surface area (Å²) >= 11 is 6.03. The fourth-order valence-electron chi connectivity index (χ4n) is 1.42. The number of aryl methyl sites for hydroxylation is 1. The zero-order valence-corrected chi connectivity index (χ0v) is 12.0. The Morgan fingerprint density at radius 2 is 2.22 bits per heavy atom. The van der Waals surface area contributed by atoms with Crippen LogP contribution in [0.3, 0.4) is 0 Å². The van der Waals surface area contributed by atoms with Crippen LogP contribution >= 0.6 is 11.6 Å². The maximum absolute atomic E-state index is 12.1. The number of pyridine rings is 1. The molecule has 0 radical (unpaired) electrons. The predicted molar refractivity (Wildman–Crippen MR) is 72.0 cm³/mol. The molecule has 1 amide bonds. The summed E-state index contributed by atoms with van der Waals surface area (Å²) in [5.74, 6) is -0.139. The lowest BCUT2D eigenvalue weighted by Gasteiger charge is -2.18. The molecule has 18 heavy (non-hydrogen) atoms. The summed E-state index contributed by atoms with van der Waals surface area (Å²) in [7, 11) is 1.72. The van der Waals surface area contributed by atoms with Gasteiger partial charge >= 0.3 is 0 Å². The third-order valence-electron chi connectivity index (χ3n) is 2.45. The van der Waals surface area contributed by atoms with Gasteiger partial charge < -0.3 is 9.64 Å². The lowest BCUT2D eigenvalue weighted by atomic mass is 10.2. The highest BCUT2D eigenvalue weighted by Crippen LogP contribution is 2.17. The fourth-order valence-corrected chi connectivity index (χ4v) is 1.70. The van der Waals surface area contributed by atoms with Gasteiger partial charge in [-0.2, -0.15) is 0 Å². The lowest BCUT2D eigenvalue weighted by molar-refractivity contribution is 0.0532. The Morgan fingerprint density at radius 1 is 1.56 bits per heavy atom. The van der Waals surface area contributed by atoms with Crippen LogP contribution in [0.15, 0.2) is 12.3 Å². The Balaban J connectivity index is 2.63. The van der Waals surface area contributed by atoms with Gasteiger partial charge in [-0.15, -0.1) is 0 Å². The van der Waals surface area contributed by atoms with E-state index in [0.29, 0.717) is 23.7 Å². The molecule has 1 rings (SSSR count). The van der Waals surface area contributed by atoms with Gasteiger partial charge in [0.1, 0.15) is 0 Å². The van der Waals surface area contributed by atoms with Crippen LogP contribution in [0.2, 0.25) is 5.02 Å². The van der Waals surface area contributed by atoms with Crippen LogP contribution in [-0.2, 0) is 4.74 Å². The van der Waals surface area contributed by atoms with Crippen molar-refractivity contribution < 1.29 is 9.53 Å². The zero-order valence-electron chi connectivity index (χ0n) is 11.2. The second-order valence-corrected chi connectivity index (χ2v) is 4.86. The normalized spacial score (nSPS) is 10.8. The van der Waals surface area contributed by atoms with E-state index in [1.54, 1.807) is 18.0 Å². The van der Waals surface area contributed by atoms with E-state index in [-0.39, 0.29) is 12.0 Å². The second kappa shape index (κ2) is 6.71. The van der Waals surface area contributed by atoms with Crippen molar-refractivity contribution >= 4 is 17.5 Å². The summed E-state index contributed by atoms with van der Waals surface area (Å²) in [4.78, 5) is 17.8. The van der Waals surface area contributed by atoms with Crippen molar-refractivity contribution in [3.8, 4) is 0 Å². The summed E-state index contributed by atoms with van der Waals surface area (Å²) in [6.45, 7) is 6.80. The minimum atomic E-state index is -0.139. The molecule has 1 aromatic rings. The lowest BCUT2D eigenvalue weighted by Crippen LogP contribution is -2.31. The molecular formula is C13H19ClN2O2. The molecule has 0 bridgehead atoms. The van der Waals surface area contributed by atoms with Gasteiger partial charge in [-0.3, -0.25) is 9.78 Å². The average molecular weight is 271 g/mol. The fraction of sp³-hybridized carbons (Fsp3) is 0.538. The molecular weight excluding hydrogens is 252 g/mol. The first-order chi connectivity index (χ1) is 8.41. The Bertz CT molecular complexity index is 421. The minimum Gasteiger partial charge on any atom is -0.377 e. The third kappa shape index (κ3) is 4.27. The van der Waals surface area contributed by atoms with E-state index in [2.05, 4.69) is 4.98 Å². The van der Waals surface area contributed by atoms with Crippen LogP contribution in [0.25, 0.3) is 0 Å². The van der Waals surface area contributed by atoms with Crippen molar-refractivity contribution in [2.45, 2.75) is 26.9 Å². The minimum absolute atomic E-state index is 0.139. The highest BCUT2D eigenvalue weighted by molar-refractivity contribution is 6.33. The monoisotopic (exact) mass is 270 g/mol. The van der Waals surface area contributed by atoms with Gasteiger partial charge in [0.2, 0.25) is 0 Å². The van der Waals surface area contributed by atoms with Crippen LogP contribution < -0.4 is 0 Å². The van der Waals surface area contributed by atoms with Crippen molar-refractivity contribution in [1.82, 2.24) is 9.88 Å². The van der Waals surface area contributed by atoms with Crippen molar-refractivity contribution in [2.24, 2.45) is 0 Å². The maximum atomic E-state index is 12.1. The first kappa shape index (κ1) is 14.9. The van der Waals surface area contributed by atoms with Gasteiger partial charge in [0, 0.05) is 25.5 Å². The Labute approximate surface area is 113 Å². The number of rotatable bonds is 5. The third-order valence-corrected chi connectivity index (χ3v) is 2.76. The zero-order chi connectivity index (χ0) is 13.7. The first-order valence-electron chi connectivity index (χ1n) is 5.91. The molecule has 1 heterocycles. The molecule has 0 N–H and O–H groups in total. The molecule has 5 heteroatoms. The van der Waals surface area contributed by atoms with Crippen molar-refractivity contribution in [3.05, 3.63) is 28.5 Å². The number of hydrogen-bond donors (Lipinski definition) is 0. The van der Waals surface area contributed by atoms with Crippen molar-refractivity contribution in [1.29, 1.82) is 0 Å². The molecule has 0 unspecified atom stereocenters. The molecule has 0 spiro atoms. The molecule has 100 valence electrons. The molecule has 0 saturated heterocycles. The smallest absolute Gasteiger partial charge is 0.256 e. The standard InChI is InChI=1S/C13H19ClN2O2/c1-9(2)18-6-5-16(4)13(17)11-8-15-10(3)7-12(11)14/h7-9H,5-6H2,1-4H3. The van der Waals surface area contributed by atoms with Crippen LogP contribution in [-0.4, -0.2) is 42.1 Å². The second-order valence-electron chi connectivity index (χ2n) is 4.45. The highest BCUT2D eigenvalue weighted by Gasteiger charge is 2.15. The Hall–Kier alpha value is -1.13. The first-order valence-corrected chi connectivity index (χ1v) is 6.29. The summed E-state index contributed by atoms with van der Waals surface area (Å²) in [5, 5.41) is 0.434. The van der Waals surface area contributed by atoms with E-state index in [9.17, 15) is 4.79 Å². The quantitative estimate of drug-likeness (QED) is 0.826. The van der Waals surface area contributed by atoms with Crippen molar-refractivity contribution in [2.75, 3.05) is 20.2 Å². The molecule has 0 fully saturated rings. The molecule has 0 atom stereocenters. The number of carbonyl (C=O) groups excluding carboxylic acids is 1. The maximum Gasteiger partial charge on any atom is 0.256 e. The number of amides is 1. The van der Waals surface area contributed by atoms with E-state index in [1.165, 1.54) is 6.20 Å². The van der Waals surface area contributed by atoms with Crippen molar-refractivity contribution in [3.63, 3.8) is 0 Å². The van der Waals surface area contributed by atoms with Gasteiger partial charge in [-0.1, -0.05) is 11.6 Å². The summed E-state index contributed by atoms with van der Waals surface area (Å²) in [6, 6.07) is 1.69. The van der Waals surface area contributed by atoms with E-state index < -0.39 is 0 Å². The topological polar surface area (TPSA) is 42.4 Å². The summed E-state index contributed by atoms with van der Waals surface area (Å²) in [5.41, 5.74) is 1.22. The van der Waals surface area contributed by atoms with E-state index in [0.717, 1.165) is 5.69 Å². The van der Waals surface area contributed by atoms with E-state index in [1.807, 2.05) is 20.8 Å². The van der Waals surface area contributed by atoms with E-state index in [4.69, 9.17) is 16.3 Å². The summed E-state index contributed by atoms with van der Waals surface area (Å²) < 4.78 is 5.41. The van der Waals surface area contributed by atoms with Crippen LogP contribution in [0.4, 0.5) is 0 Å². The van der Waals surface area contributed by atoms with Crippen LogP contribution in [0.1, 0.15) is 29.9 Å². The number of carbonyl (C=O) groups is 1. The molecule has 0 aliphatic carbocycles. The Morgan fingerprint density at radius 3 is 2.78 bits per heavy atom. The van der Waals surface area contributed by atoms with Crippen LogP contribution in [0.5, 0.6) is 0 Å². The molecule has 0 aliphatic heterocycles. The molecule has 0 aliphatic rings. The number of nitrogens with zero attached hydrogens (tertiary/aromatic N) is 2. The number of hydrogen-bond acceptors (Lipinski definition) is 3. The van der Waals surface area contributed by atoms with Gasteiger partial charge in [-0.25, -0.2) is 0 Å². The molecule has 1 aromatic heterocycles. The number of likely N-dealkylation sites (N-methyl/N-ethyl adjacent to an activating group) is 1. The number of aromatic nitrogens is 1. The average Bonchev–Trinajstić information content (AvgIpc) is 2.27. The predicted octanol–water partition coefficient (Wildman–Crippen LogP) is 2.54. The SMILES string of the molecule is Cc1cc(Cl)c(C(=O)N(C)CCOC(C)C)cn1. The van der Waals surface area contributed by atoms with Gasteiger partial charge in [-0.05, 0) is 26.8 Å². The van der Waals surface area contributed by atoms with Crippen LogP contribution in [0, 0.1) is 6.92 Å². The molecule has 0 aromatic carbocycles. The van der Waals surface area contributed by atoms with Gasteiger partial charge in [0.05, 0.1) is 23.3 Å². The van der Waals surface area contributed by atoms with Gasteiger partial charge in [0.25, 0.3) is 5.91 Å². The highest BCUT2D eigenvalue weighted by atomic mass is 35.5. The van der Waals surface area contributed by atoms with E-state index >= 15 is 0 Å². The molecule has 4 nitrogen and oxygen atoms in total. The van der Waals surface area contributed by atoms with Gasteiger partial charge in [0.15, 0.2) is 0 Å². The number of ether oxygens (including phenoxy) is 1.